The molecule has 7 nitrogen and oxygen atoms in total. The lowest BCUT2D eigenvalue weighted by Crippen LogP contribution is -2.51. The fraction of sp³-hybridized carbons (Fsp3) is 0.400. The molecule has 98 valence electrons. The fourth-order valence-electron chi connectivity index (χ4n) is 1.80. The SMILES string of the molecule is CS(=O)(=O)c1ccc(N2CC(O)C2)c([N+](=O)[O-])c1. The zero-order chi connectivity index (χ0) is 13.5. The predicted octanol–water partition coefficient (Wildman–Crippen LogP) is 0.179. The lowest BCUT2D eigenvalue weighted by Gasteiger charge is -2.37. The van der Waals surface area contributed by atoms with Crippen molar-refractivity contribution in [2.45, 2.75) is 11.0 Å². The number of anilines is 1. The van der Waals surface area contributed by atoms with Crippen LogP contribution in [0.1, 0.15) is 0 Å². The van der Waals surface area contributed by atoms with Crippen molar-refractivity contribution < 1.29 is 18.4 Å². The van der Waals surface area contributed by atoms with E-state index in [4.69, 9.17) is 0 Å². The maximum absolute atomic E-state index is 11.3. The van der Waals surface area contributed by atoms with Crippen LogP contribution in [0.2, 0.25) is 0 Å². The first-order valence-corrected chi connectivity index (χ1v) is 7.09. The normalized spacial score (nSPS) is 16.4. The third-order valence-electron chi connectivity index (χ3n) is 2.77. The minimum Gasteiger partial charge on any atom is -0.389 e. The van der Waals surface area contributed by atoms with Crippen LogP contribution in [0.25, 0.3) is 0 Å². The monoisotopic (exact) mass is 272 g/mol. The molecule has 0 spiro atoms. The van der Waals surface area contributed by atoms with Gasteiger partial charge in [-0.05, 0) is 12.1 Å². The van der Waals surface area contributed by atoms with Gasteiger partial charge in [0.25, 0.3) is 5.69 Å². The summed E-state index contributed by atoms with van der Waals surface area (Å²) in [5.74, 6) is 0. The Labute approximate surface area is 104 Å². The van der Waals surface area contributed by atoms with Gasteiger partial charge in [0, 0.05) is 25.4 Å². The third-order valence-corrected chi connectivity index (χ3v) is 3.88. The predicted molar refractivity (Wildman–Crippen MR) is 64.4 cm³/mol. The van der Waals surface area contributed by atoms with E-state index >= 15 is 0 Å². The van der Waals surface area contributed by atoms with Crippen LogP contribution >= 0.6 is 0 Å². The van der Waals surface area contributed by atoms with Gasteiger partial charge in [0.1, 0.15) is 5.69 Å². The Morgan fingerprint density at radius 2 is 2.06 bits per heavy atom. The second-order valence-electron chi connectivity index (χ2n) is 4.24. The highest BCUT2D eigenvalue weighted by molar-refractivity contribution is 7.90. The number of hydrogen-bond acceptors (Lipinski definition) is 6. The zero-order valence-corrected chi connectivity index (χ0v) is 10.4. The van der Waals surface area contributed by atoms with Crippen molar-refractivity contribution >= 4 is 21.2 Å². The first kappa shape index (κ1) is 12.8. The molecule has 1 fully saturated rings. The lowest BCUT2D eigenvalue weighted by atomic mass is 10.1. The summed E-state index contributed by atoms with van der Waals surface area (Å²) in [6.45, 7) is 0.637. The minimum atomic E-state index is -3.47. The standard InChI is InChI=1S/C10H12N2O5S/c1-18(16,17)8-2-3-9(10(4-8)12(14)15)11-5-7(13)6-11/h2-4,7,13H,5-6H2,1H3. The van der Waals surface area contributed by atoms with E-state index in [0.717, 1.165) is 12.3 Å². The number of aliphatic hydroxyl groups is 1. The van der Waals surface area contributed by atoms with E-state index in [2.05, 4.69) is 0 Å². The van der Waals surface area contributed by atoms with Gasteiger partial charge in [-0.1, -0.05) is 0 Å². The highest BCUT2D eigenvalue weighted by atomic mass is 32.2. The van der Waals surface area contributed by atoms with Gasteiger partial charge in [0.2, 0.25) is 0 Å². The summed E-state index contributed by atoms with van der Waals surface area (Å²) in [6.07, 6.45) is 0.512. The van der Waals surface area contributed by atoms with Gasteiger partial charge in [-0.25, -0.2) is 8.42 Å². The van der Waals surface area contributed by atoms with Gasteiger partial charge < -0.3 is 10.0 Å². The van der Waals surface area contributed by atoms with Crippen molar-refractivity contribution in [3.63, 3.8) is 0 Å². The molecule has 0 unspecified atom stereocenters. The number of rotatable bonds is 3. The maximum atomic E-state index is 11.3. The summed E-state index contributed by atoms with van der Waals surface area (Å²) in [5.41, 5.74) is 0.0718. The van der Waals surface area contributed by atoms with Crippen LogP contribution < -0.4 is 4.90 Å². The molecular weight excluding hydrogens is 260 g/mol. The Morgan fingerprint density at radius 3 is 2.50 bits per heavy atom. The second-order valence-corrected chi connectivity index (χ2v) is 6.25. The first-order valence-electron chi connectivity index (χ1n) is 5.20. The van der Waals surface area contributed by atoms with Gasteiger partial charge in [0.05, 0.1) is 15.9 Å². The summed E-state index contributed by atoms with van der Waals surface area (Å²) < 4.78 is 22.7. The zero-order valence-electron chi connectivity index (χ0n) is 9.61. The highest BCUT2D eigenvalue weighted by Crippen LogP contribution is 2.33. The van der Waals surface area contributed by atoms with Crippen molar-refractivity contribution in [3.8, 4) is 0 Å². The van der Waals surface area contributed by atoms with E-state index < -0.39 is 20.9 Å². The molecule has 0 aliphatic carbocycles. The molecule has 8 heteroatoms. The molecule has 2 rings (SSSR count). The second kappa shape index (κ2) is 4.21. The van der Waals surface area contributed by atoms with E-state index in [1.54, 1.807) is 4.90 Å². The summed E-state index contributed by atoms with van der Waals surface area (Å²) in [5, 5.41) is 20.1. The van der Waals surface area contributed by atoms with E-state index in [1.807, 2.05) is 0 Å². The molecular formula is C10H12N2O5S. The fourth-order valence-corrected chi connectivity index (χ4v) is 2.44. The summed E-state index contributed by atoms with van der Waals surface area (Å²) in [4.78, 5) is 11.9. The van der Waals surface area contributed by atoms with Gasteiger partial charge in [0.15, 0.2) is 9.84 Å². The number of aliphatic hydroxyl groups excluding tert-OH is 1. The quantitative estimate of drug-likeness (QED) is 0.622. The van der Waals surface area contributed by atoms with Crippen LogP contribution in [-0.2, 0) is 9.84 Å². The molecule has 0 saturated carbocycles. The van der Waals surface area contributed by atoms with E-state index in [9.17, 15) is 23.6 Å². The average molecular weight is 272 g/mol. The number of sulfone groups is 1. The Morgan fingerprint density at radius 1 is 1.44 bits per heavy atom. The van der Waals surface area contributed by atoms with E-state index in [1.165, 1.54) is 12.1 Å². The van der Waals surface area contributed by atoms with Crippen LogP contribution in [0, 0.1) is 10.1 Å². The molecule has 1 saturated heterocycles. The minimum absolute atomic E-state index is 0.0842. The number of nitrogens with zero attached hydrogens (tertiary/aromatic N) is 2. The van der Waals surface area contributed by atoms with Crippen molar-refractivity contribution in [2.75, 3.05) is 24.2 Å². The Bertz CT molecular complexity index is 592. The average Bonchev–Trinajstić information content (AvgIpc) is 2.22. The summed E-state index contributed by atoms with van der Waals surface area (Å²) in [7, 11) is -3.47. The van der Waals surface area contributed by atoms with Crippen LogP contribution in [-0.4, -0.2) is 43.9 Å². The number of hydrogen-bond donors (Lipinski definition) is 1. The molecule has 1 aromatic carbocycles. The molecule has 1 aliphatic rings. The molecule has 0 bridgehead atoms. The van der Waals surface area contributed by atoms with Crippen molar-refractivity contribution in [2.24, 2.45) is 0 Å². The molecule has 1 N–H and O–H groups in total. The lowest BCUT2D eigenvalue weighted by molar-refractivity contribution is -0.384. The van der Waals surface area contributed by atoms with Crippen LogP contribution in [0.4, 0.5) is 11.4 Å². The third kappa shape index (κ3) is 2.29. The van der Waals surface area contributed by atoms with Gasteiger partial charge >= 0.3 is 0 Å². The van der Waals surface area contributed by atoms with E-state index in [0.29, 0.717) is 18.8 Å². The molecule has 1 aromatic rings. The van der Waals surface area contributed by atoms with Crippen molar-refractivity contribution in [1.29, 1.82) is 0 Å². The highest BCUT2D eigenvalue weighted by Gasteiger charge is 2.30. The molecule has 0 radical (unpaired) electrons. The topological polar surface area (TPSA) is 101 Å². The van der Waals surface area contributed by atoms with Gasteiger partial charge in [-0.3, -0.25) is 10.1 Å². The summed E-state index contributed by atoms with van der Waals surface area (Å²) in [6, 6.07) is 3.79. The Balaban J connectivity index is 2.46. The molecule has 0 amide bonds. The Hall–Kier alpha value is -1.67. The van der Waals surface area contributed by atoms with Crippen molar-refractivity contribution in [1.82, 2.24) is 0 Å². The maximum Gasteiger partial charge on any atom is 0.293 e. The summed E-state index contributed by atoms with van der Waals surface area (Å²) >= 11 is 0. The largest absolute Gasteiger partial charge is 0.389 e. The van der Waals surface area contributed by atoms with Crippen LogP contribution in [0.15, 0.2) is 23.1 Å². The molecule has 0 atom stereocenters. The van der Waals surface area contributed by atoms with Crippen LogP contribution in [0.5, 0.6) is 0 Å². The molecule has 1 heterocycles. The number of nitro benzene ring substituents is 1. The molecule has 0 aromatic heterocycles. The van der Waals surface area contributed by atoms with E-state index in [-0.39, 0.29) is 10.6 Å². The van der Waals surface area contributed by atoms with Crippen LogP contribution in [0.3, 0.4) is 0 Å². The Kier molecular flexibility index (Phi) is 2.99. The van der Waals surface area contributed by atoms with Gasteiger partial charge in [-0.2, -0.15) is 0 Å². The first-order chi connectivity index (χ1) is 8.29. The number of benzene rings is 1. The molecule has 18 heavy (non-hydrogen) atoms. The number of β-amino-alcohol motifs (C(OH)–C–C–N with tert-alkyl or cyclic N) is 1. The van der Waals surface area contributed by atoms with Crippen molar-refractivity contribution in [3.05, 3.63) is 28.3 Å². The molecule has 1 aliphatic heterocycles. The smallest absolute Gasteiger partial charge is 0.293 e. The number of nitro groups is 1. The van der Waals surface area contributed by atoms with Gasteiger partial charge in [-0.15, -0.1) is 0 Å².